The zero-order chi connectivity index (χ0) is 12.1. The van der Waals surface area contributed by atoms with Crippen LogP contribution >= 0.6 is 0 Å². The SMILES string of the molecule is O=C1CN(C(=O)CC2CCNCC2)CCCN1. The second-order valence-corrected chi connectivity index (χ2v) is 4.92. The fourth-order valence-electron chi connectivity index (χ4n) is 2.48. The van der Waals surface area contributed by atoms with Crippen molar-refractivity contribution in [3.05, 3.63) is 0 Å². The standard InChI is InChI=1S/C12H21N3O2/c16-11-9-15(7-1-4-14-11)12(17)8-10-2-5-13-6-3-10/h10,13H,1-9H2,(H,14,16). The van der Waals surface area contributed by atoms with Crippen LogP contribution in [0.25, 0.3) is 0 Å². The van der Waals surface area contributed by atoms with Crippen molar-refractivity contribution in [1.82, 2.24) is 15.5 Å². The highest BCUT2D eigenvalue weighted by Crippen LogP contribution is 2.17. The van der Waals surface area contributed by atoms with Crippen molar-refractivity contribution in [3.63, 3.8) is 0 Å². The van der Waals surface area contributed by atoms with Gasteiger partial charge < -0.3 is 15.5 Å². The van der Waals surface area contributed by atoms with Crippen LogP contribution in [0.1, 0.15) is 25.7 Å². The minimum absolute atomic E-state index is 0.0267. The predicted octanol–water partition coefficient (Wildman–Crippen LogP) is -0.275. The number of nitrogens with zero attached hydrogens (tertiary/aromatic N) is 1. The Balaban J connectivity index is 1.82. The Labute approximate surface area is 102 Å². The highest BCUT2D eigenvalue weighted by Gasteiger charge is 2.23. The molecule has 17 heavy (non-hydrogen) atoms. The van der Waals surface area contributed by atoms with Crippen molar-refractivity contribution >= 4 is 11.8 Å². The van der Waals surface area contributed by atoms with E-state index in [4.69, 9.17) is 0 Å². The topological polar surface area (TPSA) is 61.4 Å². The van der Waals surface area contributed by atoms with Crippen molar-refractivity contribution in [1.29, 1.82) is 0 Å². The maximum absolute atomic E-state index is 12.1. The molecule has 96 valence electrons. The van der Waals surface area contributed by atoms with Crippen LogP contribution in [0.15, 0.2) is 0 Å². The van der Waals surface area contributed by atoms with Gasteiger partial charge in [0.05, 0.1) is 6.54 Å². The van der Waals surface area contributed by atoms with Crippen molar-refractivity contribution in [3.8, 4) is 0 Å². The molecule has 2 amide bonds. The lowest BCUT2D eigenvalue weighted by Crippen LogP contribution is -2.39. The summed E-state index contributed by atoms with van der Waals surface area (Å²) in [7, 11) is 0. The van der Waals surface area contributed by atoms with E-state index in [0.29, 0.717) is 25.4 Å². The molecule has 0 bridgehead atoms. The Kier molecular flexibility index (Phi) is 4.36. The summed E-state index contributed by atoms with van der Waals surface area (Å²) in [5, 5.41) is 6.09. The first-order valence-corrected chi connectivity index (χ1v) is 6.51. The lowest BCUT2D eigenvalue weighted by molar-refractivity contribution is -0.136. The van der Waals surface area contributed by atoms with Crippen LogP contribution < -0.4 is 10.6 Å². The summed E-state index contributed by atoms with van der Waals surface area (Å²) in [5.41, 5.74) is 0. The molecule has 0 spiro atoms. The number of rotatable bonds is 2. The van der Waals surface area contributed by atoms with Gasteiger partial charge in [-0.05, 0) is 38.3 Å². The third-order valence-corrected chi connectivity index (χ3v) is 3.54. The van der Waals surface area contributed by atoms with E-state index >= 15 is 0 Å². The van der Waals surface area contributed by atoms with Gasteiger partial charge >= 0.3 is 0 Å². The van der Waals surface area contributed by atoms with E-state index in [-0.39, 0.29) is 18.4 Å². The van der Waals surface area contributed by atoms with Gasteiger partial charge in [0.15, 0.2) is 0 Å². The fourth-order valence-corrected chi connectivity index (χ4v) is 2.48. The number of hydrogen-bond acceptors (Lipinski definition) is 3. The molecule has 2 saturated heterocycles. The van der Waals surface area contributed by atoms with E-state index in [9.17, 15) is 9.59 Å². The van der Waals surface area contributed by atoms with Crippen LogP contribution in [0.4, 0.5) is 0 Å². The summed E-state index contributed by atoms with van der Waals surface area (Å²) in [4.78, 5) is 25.2. The molecule has 0 unspecified atom stereocenters. The molecule has 2 N–H and O–H groups in total. The van der Waals surface area contributed by atoms with Crippen molar-refractivity contribution in [2.75, 3.05) is 32.7 Å². The van der Waals surface area contributed by atoms with Crippen molar-refractivity contribution in [2.24, 2.45) is 5.92 Å². The van der Waals surface area contributed by atoms with Gasteiger partial charge in [-0.2, -0.15) is 0 Å². The first-order chi connectivity index (χ1) is 8.25. The lowest BCUT2D eigenvalue weighted by atomic mass is 9.94. The minimum Gasteiger partial charge on any atom is -0.354 e. The van der Waals surface area contributed by atoms with Crippen molar-refractivity contribution in [2.45, 2.75) is 25.7 Å². The molecule has 0 saturated carbocycles. The van der Waals surface area contributed by atoms with Gasteiger partial charge in [0.1, 0.15) is 0 Å². The molecule has 0 aliphatic carbocycles. The Morgan fingerprint density at radius 2 is 2.06 bits per heavy atom. The van der Waals surface area contributed by atoms with Gasteiger partial charge in [0.25, 0.3) is 0 Å². The number of carbonyl (C=O) groups is 2. The molecule has 2 aliphatic rings. The number of nitrogens with one attached hydrogen (secondary N) is 2. The smallest absolute Gasteiger partial charge is 0.239 e. The Bertz CT molecular complexity index is 287. The monoisotopic (exact) mass is 239 g/mol. The molecule has 0 aromatic carbocycles. The Hall–Kier alpha value is -1.10. The second kappa shape index (κ2) is 6.00. The first-order valence-electron chi connectivity index (χ1n) is 6.51. The summed E-state index contributed by atoms with van der Waals surface area (Å²) in [6.45, 7) is 3.67. The quantitative estimate of drug-likeness (QED) is 0.697. The average molecular weight is 239 g/mol. The Morgan fingerprint density at radius 1 is 1.29 bits per heavy atom. The van der Waals surface area contributed by atoms with Crippen LogP contribution in [-0.4, -0.2) is 49.4 Å². The number of hydrogen-bond donors (Lipinski definition) is 2. The second-order valence-electron chi connectivity index (χ2n) is 4.92. The van der Waals surface area contributed by atoms with Crippen molar-refractivity contribution < 1.29 is 9.59 Å². The van der Waals surface area contributed by atoms with E-state index in [1.807, 2.05) is 0 Å². The van der Waals surface area contributed by atoms with Gasteiger partial charge in [-0.25, -0.2) is 0 Å². The van der Waals surface area contributed by atoms with Gasteiger partial charge in [0, 0.05) is 19.5 Å². The third-order valence-electron chi connectivity index (χ3n) is 3.54. The lowest BCUT2D eigenvalue weighted by Gasteiger charge is -2.25. The molecular weight excluding hydrogens is 218 g/mol. The van der Waals surface area contributed by atoms with Crippen LogP contribution in [-0.2, 0) is 9.59 Å². The molecule has 2 rings (SSSR count). The molecule has 2 aliphatic heterocycles. The highest BCUT2D eigenvalue weighted by atomic mass is 16.2. The summed E-state index contributed by atoms with van der Waals surface area (Å²) in [6, 6.07) is 0. The average Bonchev–Trinajstić information content (AvgIpc) is 2.55. The third kappa shape index (κ3) is 3.70. The van der Waals surface area contributed by atoms with Gasteiger partial charge in [-0.3, -0.25) is 9.59 Å². The maximum atomic E-state index is 12.1. The van der Waals surface area contributed by atoms with E-state index in [2.05, 4.69) is 10.6 Å². The summed E-state index contributed by atoms with van der Waals surface area (Å²) < 4.78 is 0. The van der Waals surface area contributed by atoms with Crippen LogP contribution in [0.5, 0.6) is 0 Å². The number of amides is 2. The predicted molar refractivity (Wildman–Crippen MR) is 64.4 cm³/mol. The van der Waals surface area contributed by atoms with Crippen LogP contribution in [0.3, 0.4) is 0 Å². The fraction of sp³-hybridized carbons (Fsp3) is 0.833. The highest BCUT2D eigenvalue weighted by molar-refractivity contribution is 5.85. The summed E-state index contributed by atoms with van der Waals surface area (Å²) in [5.74, 6) is 0.616. The molecule has 0 atom stereocenters. The van der Waals surface area contributed by atoms with E-state index in [0.717, 1.165) is 32.4 Å². The van der Waals surface area contributed by atoms with Crippen LogP contribution in [0, 0.1) is 5.92 Å². The normalized spacial score (nSPS) is 23.1. The van der Waals surface area contributed by atoms with Crippen LogP contribution in [0.2, 0.25) is 0 Å². The molecule has 2 fully saturated rings. The largest absolute Gasteiger partial charge is 0.354 e. The number of piperidine rings is 1. The molecular formula is C12H21N3O2. The van der Waals surface area contributed by atoms with Gasteiger partial charge in [0.2, 0.25) is 11.8 Å². The van der Waals surface area contributed by atoms with E-state index in [1.54, 1.807) is 4.90 Å². The van der Waals surface area contributed by atoms with Gasteiger partial charge in [-0.1, -0.05) is 0 Å². The summed E-state index contributed by atoms with van der Waals surface area (Å²) in [6.07, 6.45) is 3.62. The summed E-state index contributed by atoms with van der Waals surface area (Å²) >= 11 is 0. The Morgan fingerprint density at radius 3 is 2.82 bits per heavy atom. The maximum Gasteiger partial charge on any atom is 0.239 e. The first kappa shape index (κ1) is 12.4. The van der Waals surface area contributed by atoms with E-state index < -0.39 is 0 Å². The molecule has 5 heteroatoms. The molecule has 0 aromatic heterocycles. The van der Waals surface area contributed by atoms with E-state index in [1.165, 1.54) is 0 Å². The molecule has 5 nitrogen and oxygen atoms in total. The molecule has 0 radical (unpaired) electrons. The zero-order valence-corrected chi connectivity index (χ0v) is 10.2. The zero-order valence-electron chi connectivity index (χ0n) is 10.2. The molecule has 0 aromatic rings. The number of carbonyl (C=O) groups excluding carboxylic acids is 2. The minimum atomic E-state index is -0.0267. The van der Waals surface area contributed by atoms with Gasteiger partial charge in [-0.15, -0.1) is 0 Å². The molecule has 2 heterocycles.